The van der Waals surface area contributed by atoms with E-state index < -0.39 is 0 Å². The van der Waals surface area contributed by atoms with Crippen molar-refractivity contribution in [3.05, 3.63) is 17.0 Å². The molecule has 20 heavy (non-hydrogen) atoms. The van der Waals surface area contributed by atoms with Gasteiger partial charge in [0.25, 0.3) is 0 Å². The van der Waals surface area contributed by atoms with Gasteiger partial charge in [-0.3, -0.25) is 4.68 Å². The van der Waals surface area contributed by atoms with Crippen molar-refractivity contribution < 1.29 is 4.74 Å². The Morgan fingerprint density at radius 1 is 1.35 bits per heavy atom. The van der Waals surface area contributed by atoms with Crippen LogP contribution in [0.3, 0.4) is 0 Å². The van der Waals surface area contributed by atoms with Gasteiger partial charge in [0.05, 0.1) is 5.69 Å². The summed E-state index contributed by atoms with van der Waals surface area (Å²) in [7, 11) is 1.76. The third-order valence-corrected chi connectivity index (χ3v) is 4.04. The minimum Gasteiger partial charge on any atom is -0.385 e. The van der Waals surface area contributed by atoms with Gasteiger partial charge in [-0.15, -0.1) is 0 Å². The Bertz CT molecular complexity index is 424. The van der Waals surface area contributed by atoms with Crippen molar-refractivity contribution in [2.45, 2.75) is 60.5 Å². The van der Waals surface area contributed by atoms with Gasteiger partial charge < -0.3 is 10.1 Å². The standard InChI is InChI=1S/C16H31N3O/c1-8-19-14(4)15(13(3)18-19)12(2)17-11-16(5,6)9-10-20-7/h12,17H,8-11H2,1-7H3. The third kappa shape index (κ3) is 4.32. The molecule has 1 aromatic heterocycles. The Balaban J connectivity index is 2.67. The van der Waals surface area contributed by atoms with E-state index in [1.54, 1.807) is 7.11 Å². The number of nitrogens with one attached hydrogen (secondary N) is 1. The van der Waals surface area contributed by atoms with Gasteiger partial charge in [0.15, 0.2) is 0 Å². The Hall–Kier alpha value is -0.870. The van der Waals surface area contributed by atoms with Crippen LogP contribution < -0.4 is 5.32 Å². The molecule has 1 heterocycles. The molecule has 0 saturated heterocycles. The first-order chi connectivity index (χ1) is 9.32. The van der Waals surface area contributed by atoms with Crippen LogP contribution in [0.2, 0.25) is 0 Å². The van der Waals surface area contributed by atoms with Crippen molar-refractivity contribution in [3.63, 3.8) is 0 Å². The molecule has 0 aromatic carbocycles. The molecule has 0 spiro atoms. The van der Waals surface area contributed by atoms with E-state index in [0.29, 0.717) is 6.04 Å². The first kappa shape index (κ1) is 17.2. The number of rotatable bonds is 8. The molecular weight excluding hydrogens is 250 g/mol. The van der Waals surface area contributed by atoms with E-state index in [0.717, 1.165) is 31.8 Å². The second-order valence-corrected chi connectivity index (χ2v) is 6.41. The first-order valence-corrected chi connectivity index (χ1v) is 7.58. The van der Waals surface area contributed by atoms with Crippen LogP contribution in [-0.4, -0.2) is 30.0 Å². The normalized spacial score (nSPS) is 13.8. The van der Waals surface area contributed by atoms with Crippen molar-refractivity contribution in [1.82, 2.24) is 15.1 Å². The second-order valence-electron chi connectivity index (χ2n) is 6.41. The number of hydrogen-bond donors (Lipinski definition) is 1. The Kier molecular flexibility index (Phi) is 6.21. The largest absolute Gasteiger partial charge is 0.385 e. The van der Waals surface area contributed by atoms with Crippen LogP contribution in [0.25, 0.3) is 0 Å². The highest BCUT2D eigenvalue weighted by Gasteiger charge is 2.21. The maximum atomic E-state index is 5.18. The van der Waals surface area contributed by atoms with Gasteiger partial charge in [-0.05, 0) is 39.5 Å². The number of methoxy groups -OCH3 is 1. The number of nitrogens with zero attached hydrogens (tertiary/aromatic N) is 2. The van der Waals surface area contributed by atoms with Crippen LogP contribution in [0.5, 0.6) is 0 Å². The van der Waals surface area contributed by atoms with Crippen LogP contribution >= 0.6 is 0 Å². The zero-order valence-electron chi connectivity index (χ0n) is 14.2. The minimum absolute atomic E-state index is 0.243. The van der Waals surface area contributed by atoms with Crippen LogP contribution in [0.15, 0.2) is 0 Å². The van der Waals surface area contributed by atoms with E-state index in [1.807, 2.05) is 0 Å². The van der Waals surface area contributed by atoms with Crippen LogP contribution in [0.4, 0.5) is 0 Å². The topological polar surface area (TPSA) is 39.1 Å². The van der Waals surface area contributed by atoms with E-state index in [9.17, 15) is 0 Å². The molecule has 0 amide bonds. The van der Waals surface area contributed by atoms with E-state index in [-0.39, 0.29) is 5.41 Å². The maximum absolute atomic E-state index is 5.18. The lowest BCUT2D eigenvalue weighted by Gasteiger charge is -2.27. The lowest BCUT2D eigenvalue weighted by molar-refractivity contribution is 0.149. The summed E-state index contributed by atoms with van der Waals surface area (Å²) in [6.45, 7) is 15.9. The van der Waals surface area contributed by atoms with Crippen molar-refractivity contribution >= 4 is 0 Å². The number of ether oxygens (including phenoxy) is 1. The van der Waals surface area contributed by atoms with E-state index in [1.165, 1.54) is 11.3 Å². The Morgan fingerprint density at radius 2 is 2.00 bits per heavy atom. The summed E-state index contributed by atoms with van der Waals surface area (Å²) in [5.41, 5.74) is 4.00. The van der Waals surface area contributed by atoms with E-state index >= 15 is 0 Å². The molecule has 1 N–H and O–H groups in total. The summed E-state index contributed by atoms with van der Waals surface area (Å²) in [6.07, 6.45) is 1.06. The number of aryl methyl sites for hydroxylation is 2. The molecule has 0 fully saturated rings. The minimum atomic E-state index is 0.243. The van der Waals surface area contributed by atoms with Gasteiger partial charge in [0.1, 0.15) is 0 Å². The Morgan fingerprint density at radius 3 is 2.50 bits per heavy atom. The summed E-state index contributed by atoms with van der Waals surface area (Å²) in [4.78, 5) is 0. The second kappa shape index (κ2) is 7.23. The summed E-state index contributed by atoms with van der Waals surface area (Å²) >= 11 is 0. The predicted molar refractivity (Wildman–Crippen MR) is 84.1 cm³/mol. The smallest absolute Gasteiger partial charge is 0.0644 e. The van der Waals surface area contributed by atoms with E-state index in [4.69, 9.17) is 4.74 Å². The molecule has 1 aromatic rings. The summed E-state index contributed by atoms with van der Waals surface area (Å²) in [5.74, 6) is 0. The summed E-state index contributed by atoms with van der Waals surface area (Å²) < 4.78 is 7.27. The molecule has 1 unspecified atom stereocenters. The number of hydrogen-bond acceptors (Lipinski definition) is 3. The van der Waals surface area contributed by atoms with Crippen LogP contribution in [0.1, 0.15) is 57.1 Å². The van der Waals surface area contributed by atoms with Gasteiger partial charge >= 0.3 is 0 Å². The van der Waals surface area contributed by atoms with Crippen LogP contribution in [0, 0.1) is 19.3 Å². The first-order valence-electron chi connectivity index (χ1n) is 7.58. The quantitative estimate of drug-likeness (QED) is 0.795. The molecule has 0 aliphatic carbocycles. The Labute approximate surface area is 123 Å². The SMILES string of the molecule is CCn1nc(C)c(C(C)NCC(C)(C)CCOC)c1C. The summed E-state index contributed by atoms with van der Waals surface area (Å²) in [5, 5.41) is 8.26. The lowest BCUT2D eigenvalue weighted by Crippen LogP contribution is -2.32. The van der Waals surface area contributed by atoms with Crippen molar-refractivity contribution in [1.29, 1.82) is 0 Å². The molecule has 0 bridgehead atoms. The average molecular weight is 281 g/mol. The molecule has 1 atom stereocenters. The molecule has 4 heteroatoms. The summed E-state index contributed by atoms with van der Waals surface area (Å²) in [6, 6.07) is 0.331. The van der Waals surface area contributed by atoms with E-state index in [2.05, 4.69) is 56.6 Å². The van der Waals surface area contributed by atoms with Gasteiger partial charge in [-0.2, -0.15) is 5.10 Å². The maximum Gasteiger partial charge on any atom is 0.0644 e. The molecule has 0 saturated carbocycles. The molecule has 4 nitrogen and oxygen atoms in total. The van der Waals surface area contributed by atoms with Crippen molar-refractivity contribution in [3.8, 4) is 0 Å². The average Bonchev–Trinajstić information content (AvgIpc) is 2.68. The molecule has 0 radical (unpaired) electrons. The fourth-order valence-corrected chi connectivity index (χ4v) is 2.64. The van der Waals surface area contributed by atoms with Gasteiger partial charge in [0.2, 0.25) is 0 Å². The van der Waals surface area contributed by atoms with Gasteiger partial charge in [-0.1, -0.05) is 13.8 Å². The molecule has 1 rings (SSSR count). The molecule has 0 aliphatic rings. The molecule has 0 aliphatic heterocycles. The molecular formula is C16H31N3O. The zero-order valence-corrected chi connectivity index (χ0v) is 14.2. The van der Waals surface area contributed by atoms with Gasteiger partial charge in [0, 0.05) is 44.1 Å². The highest BCUT2D eigenvalue weighted by molar-refractivity contribution is 5.27. The van der Waals surface area contributed by atoms with Gasteiger partial charge in [-0.25, -0.2) is 0 Å². The number of aromatic nitrogens is 2. The molecule has 116 valence electrons. The van der Waals surface area contributed by atoms with Crippen LogP contribution in [-0.2, 0) is 11.3 Å². The fraction of sp³-hybridized carbons (Fsp3) is 0.812. The predicted octanol–water partition coefficient (Wildman–Crippen LogP) is 3.23. The van der Waals surface area contributed by atoms with Crippen molar-refractivity contribution in [2.75, 3.05) is 20.3 Å². The monoisotopic (exact) mass is 281 g/mol. The highest BCUT2D eigenvalue weighted by atomic mass is 16.5. The highest BCUT2D eigenvalue weighted by Crippen LogP contribution is 2.24. The van der Waals surface area contributed by atoms with Crippen molar-refractivity contribution in [2.24, 2.45) is 5.41 Å². The third-order valence-electron chi connectivity index (χ3n) is 4.04. The lowest BCUT2D eigenvalue weighted by atomic mass is 9.89. The fourth-order valence-electron chi connectivity index (χ4n) is 2.64. The zero-order chi connectivity index (χ0) is 15.3.